The number of aliphatic hydroxyl groups excluding tert-OH is 1. The van der Waals surface area contributed by atoms with E-state index in [9.17, 15) is 13.2 Å². The Morgan fingerprint density at radius 2 is 2.19 bits per heavy atom. The molecule has 0 amide bonds. The van der Waals surface area contributed by atoms with Crippen molar-refractivity contribution in [3.63, 3.8) is 0 Å². The summed E-state index contributed by atoms with van der Waals surface area (Å²) in [6, 6.07) is 0.791. The standard InChI is InChI=1S/C9H10ClF3N2O/c1-5(16)3-14-8-7(10)2-6(4-15-8)9(11,12)13/h2,4-5,16H,3H2,1H3,(H,14,15). The second-order valence-electron chi connectivity index (χ2n) is 3.28. The summed E-state index contributed by atoms with van der Waals surface area (Å²) < 4.78 is 36.8. The van der Waals surface area contributed by atoms with Crippen molar-refractivity contribution < 1.29 is 18.3 Å². The summed E-state index contributed by atoms with van der Waals surface area (Å²) in [6.07, 6.45) is -4.41. The fourth-order valence-electron chi connectivity index (χ4n) is 0.967. The van der Waals surface area contributed by atoms with Crippen molar-refractivity contribution >= 4 is 17.4 Å². The van der Waals surface area contributed by atoms with E-state index in [-0.39, 0.29) is 17.4 Å². The summed E-state index contributed by atoms with van der Waals surface area (Å²) >= 11 is 5.61. The number of hydrogen-bond donors (Lipinski definition) is 2. The van der Waals surface area contributed by atoms with Crippen molar-refractivity contribution in [2.75, 3.05) is 11.9 Å². The zero-order valence-electron chi connectivity index (χ0n) is 8.35. The van der Waals surface area contributed by atoms with Gasteiger partial charge in [0.25, 0.3) is 0 Å². The average molecular weight is 255 g/mol. The second kappa shape index (κ2) is 4.88. The van der Waals surface area contributed by atoms with Gasteiger partial charge in [0.1, 0.15) is 5.82 Å². The average Bonchev–Trinajstić information content (AvgIpc) is 2.14. The smallest absolute Gasteiger partial charge is 0.392 e. The molecule has 0 aromatic carbocycles. The minimum atomic E-state index is -4.46. The van der Waals surface area contributed by atoms with Crippen LogP contribution in [0, 0.1) is 0 Å². The van der Waals surface area contributed by atoms with Crippen LogP contribution in [0.3, 0.4) is 0 Å². The maximum atomic E-state index is 12.3. The van der Waals surface area contributed by atoms with Gasteiger partial charge in [-0.05, 0) is 13.0 Å². The van der Waals surface area contributed by atoms with E-state index in [0.29, 0.717) is 6.20 Å². The van der Waals surface area contributed by atoms with E-state index in [0.717, 1.165) is 6.07 Å². The van der Waals surface area contributed by atoms with Gasteiger partial charge in [-0.3, -0.25) is 0 Å². The van der Waals surface area contributed by atoms with Crippen LogP contribution in [0.15, 0.2) is 12.3 Å². The molecule has 3 nitrogen and oxygen atoms in total. The lowest BCUT2D eigenvalue weighted by Gasteiger charge is -2.11. The van der Waals surface area contributed by atoms with Crippen LogP contribution in [0.4, 0.5) is 19.0 Å². The number of rotatable bonds is 3. The third-order valence-electron chi connectivity index (χ3n) is 1.73. The van der Waals surface area contributed by atoms with Crippen LogP contribution in [0.1, 0.15) is 12.5 Å². The lowest BCUT2D eigenvalue weighted by atomic mass is 10.2. The molecule has 0 bridgehead atoms. The number of alkyl halides is 3. The molecule has 1 heterocycles. The fraction of sp³-hybridized carbons (Fsp3) is 0.444. The summed E-state index contributed by atoms with van der Waals surface area (Å²) in [4.78, 5) is 3.54. The molecule has 1 unspecified atom stereocenters. The summed E-state index contributed by atoms with van der Waals surface area (Å²) in [6.45, 7) is 1.70. The molecular formula is C9H10ClF3N2O. The van der Waals surface area contributed by atoms with Gasteiger partial charge >= 0.3 is 6.18 Å². The third kappa shape index (κ3) is 3.53. The summed E-state index contributed by atoms with van der Waals surface area (Å²) in [5, 5.41) is 11.5. The molecule has 1 atom stereocenters. The van der Waals surface area contributed by atoms with Crippen molar-refractivity contribution in [1.29, 1.82) is 0 Å². The van der Waals surface area contributed by atoms with Crippen LogP contribution >= 0.6 is 11.6 Å². The maximum Gasteiger partial charge on any atom is 0.417 e. The molecule has 1 aromatic heterocycles. The molecule has 1 aromatic rings. The molecule has 0 spiro atoms. The Kier molecular flexibility index (Phi) is 3.98. The molecular weight excluding hydrogens is 245 g/mol. The lowest BCUT2D eigenvalue weighted by molar-refractivity contribution is -0.137. The Bertz CT molecular complexity index is 368. The number of anilines is 1. The Morgan fingerprint density at radius 3 is 2.62 bits per heavy atom. The topological polar surface area (TPSA) is 45.1 Å². The minimum Gasteiger partial charge on any atom is -0.392 e. The Morgan fingerprint density at radius 1 is 1.56 bits per heavy atom. The molecule has 0 saturated carbocycles. The van der Waals surface area contributed by atoms with Crippen LogP contribution in [0.25, 0.3) is 0 Å². The number of pyridine rings is 1. The van der Waals surface area contributed by atoms with Gasteiger partial charge in [-0.25, -0.2) is 4.98 Å². The van der Waals surface area contributed by atoms with Gasteiger partial charge in [0.15, 0.2) is 0 Å². The van der Waals surface area contributed by atoms with Crippen molar-refractivity contribution in [2.45, 2.75) is 19.2 Å². The summed E-state index contributed by atoms with van der Waals surface area (Å²) in [7, 11) is 0. The fourth-order valence-corrected chi connectivity index (χ4v) is 1.20. The molecule has 0 aliphatic rings. The zero-order chi connectivity index (χ0) is 12.3. The zero-order valence-corrected chi connectivity index (χ0v) is 9.10. The van der Waals surface area contributed by atoms with Crippen molar-refractivity contribution in [1.82, 2.24) is 4.98 Å². The van der Waals surface area contributed by atoms with Gasteiger partial charge in [0, 0.05) is 12.7 Å². The predicted molar refractivity (Wildman–Crippen MR) is 54.4 cm³/mol. The molecule has 2 N–H and O–H groups in total. The molecule has 0 aliphatic heterocycles. The maximum absolute atomic E-state index is 12.3. The van der Waals surface area contributed by atoms with Gasteiger partial charge in [0.2, 0.25) is 0 Å². The second-order valence-corrected chi connectivity index (χ2v) is 3.69. The number of nitrogens with one attached hydrogen (secondary N) is 1. The first kappa shape index (κ1) is 13.1. The highest BCUT2D eigenvalue weighted by Crippen LogP contribution is 2.32. The van der Waals surface area contributed by atoms with E-state index in [1.165, 1.54) is 6.92 Å². The quantitative estimate of drug-likeness (QED) is 0.871. The van der Waals surface area contributed by atoms with Crippen LogP contribution in [0.5, 0.6) is 0 Å². The monoisotopic (exact) mass is 254 g/mol. The Hall–Kier alpha value is -1.01. The first-order valence-electron chi connectivity index (χ1n) is 4.45. The number of nitrogens with zero attached hydrogens (tertiary/aromatic N) is 1. The van der Waals surface area contributed by atoms with Crippen LogP contribution in [0.2, 0.25) is 5.02 Å². The third-order valence-corrected chi connectivity index (χ3v) is 2.02. The van der Waals surface area contributed by atoms with E-state index in [2.05, 4.69) is 10.3 Å². The van der Waals surface area contributed by atoms with Crippen LogP contribution in [-0.4, -0.2) is 22.7 Å². The lowest BCUT2D eigenvalue weighted by Crippen LogP contribution is -2.16. The first-order valence-corrected chi connectivity index (χ1v) is 4.83. The van der Waals surface area contributed by atoms with E-state index < -0.39 is 17.8 Å². The first-order chi connectivity index (χ1) is 7.30. The summed E-state index contributed by atoms with van der Waals surface area (Å²) in [5.41, 5.74) is -0.903. The molecule has 0 fully saturated rings. The van der Waals surface area contributed by atoms with Gasteiger partial charge in [-0.1, -0.05) is 11.6 Å². The normalized spacial score (nSPS) is 13.6. The highest BCUT2D eigenvalue weighted by atomic mass is 35.5. The van der Waals surface area contributed by atoms with Gasteiger partial charge in [-0.2, -0.15) is 13.2 Å². The molecule has 0 aliphatic carbocycles. The van der Waals surface area contributed by atoms with Crippen molar-refractivity contribution in [3.05, 3.63) is 22.8 Å². The molecule has 90 valence electrons. The number of halogens is 4. The number of aromatic nitrogens is 1. The van der Waals surface area contributed by atoms with Crippen molar-refractivity contribution in [2.24, 2.45) is 0 Å². The van der Waals surface area contributed by atoms with E-state index in [1.54, 1.807) is 0 Å². The van der Waals surface area contributed by atoms with Crippen LogP contribution < -0.4 is 5.32 Å². The van der Waals surface area contributed by atoms with E-state index >= 15 is 0 Å². The highest BCUT2D eigenvalue weighted by molar-refractivity contribution is 6.32. The number of hydrogen-bond acceptors (Lipinski definition) is 3. The molecule has 16 heavy (non-hydrogen) atoms. The molecule has 7 heteroatoms. The summed E-state index contributed by atoms with van der Waals surface area (Å²) in [5.74, 6) is 0.121. The molecule has 0 saturated heterocycles. The van der Waals surface area contributed by atoms with Gasteiger partial charge < -0.3 is 10.4 Å². The van der Waals surface area contributed by atoms with E-state index in [4.69, 9.17) is 16.7 Å². The largest absolute Gasteiger partial charge is 0.417 e. The Balaban J connectivity index is 2.84. The van der Waals surface area contributed by atoms with E-state index in [1.807, 2.05) is 0 Å². The highest BCUT2D eigenvalue weighted by Gasteiger charge is 2.31. The van der Waals surface area contributed by atoms with Crippen molar-refractivity contribution in [3.8, 4) is 0 Å². The number of aliphatic hydroxyl groups is 1. The Labute approximate surface area is 95.3 Å². The van der Waals surface area contributed by atoms with Crippen LogP contribution in [-0.2, 0) is 6.18 Å². The van der Waals surface area contributed by atoms with Gasteiger partial charge in [0.05, 0.1) is 16.7 Å². The predicted octanol–water partition coefficient (Wildman–Crippen LogP) is 2.55. The van der Waals surface area contributed by atoms with Gasteiger partial charge in [-0.15, -0.1) is 0 Å². The molecule has 0 radical (unpaired) electrons. The minimum absolute atomic E-state index is 0.121. The SMILES string of the molecule is CC(O)CNc1ncc(C(F)(F)F)cc1Cl. The molecule has 1 rings (SSSR count).